The minimum Gasteiger partial charge on any atom is -0.481 e. The van der Waals surface area contributed by atoms with Gasteiger partial charge in [-0.2, -0.15) is 0 Å². The molecule has 0 bridgehead atoms. The Balaban J connectivity index is 2.54. The van der Waals surface area contributed by atoms with Crippen LogP contribution >= 0.6 is 11.6 Å². The number of hydrogen-bond donors (Lipinski definition) is 1. The van der Waals surface area contributed by atoms with Gasteiger partial charge in [0.1, 0.15) is 5.15 Å². The number of carbonyl (C=O) groups is 1. The van der Waals surface area contributed by atoms with Gasteiger partial charge in [0.05, 0.1) is 0 Å². The van der Waals surface area contributed by atoms with Gasteiger partial charge in [-0.3, -0.25) is 4.79 Å². The number of hydrogen-bond acceptors (Lipinski definition) is 2. The number of carboxylic acids is 1. The Morgan fingerprint density at radius 3 is 2.86 bits per heavy atom. The van der Waals surface area contributed by atoms with E-state index < -0.39 is 5.97 Å². The van der Waals surface area contributed by atoms with E-state index in [4.69, 9.17) is 16.7 Å². The third kappa shape index (κ3) is 3.75. The first kappa shape index (κ1) is 11.0. The van der Waals surface area contributed by atoms with E-state index in [1.54, 1.807) is 6.07 Å². The maximum atomic E-state index is 10.3. The van der Waals surface area contributed by atoms with Crippen LogP contribution in [0.1, 0.15) is 24.1 Å². The van der Waals surface area contributed by atoms with Crippen molar-refractivity contribution in [3.63, 3.8) is 0 Å². The lowest BCUT2D eigenvalue weighted by Gasteiger charge is -2.01. The summed E-state index contributed by atoms with van der Waals surface area (Å²) in [7, 11) is 0. The summed E-state index contributed by atoms with van der Waals surface area (Å²) in [6.07, 6.45) is 1.56. The van der Waals surface area contributed by atoms with Crippen LogP contribution in [0.5, 0.6) is 0 Å². The average molecular weight is 214 g/mol. The van der Waals surface area contributed by atoms with Crippen molar-refractivity contribution in [3.05, 3.63) is 28.5 Å². The standard InChI is InChI=1S/C10H12ClNO2/c1-7-5-8(6-9(11)12-7)3-2-4-10(13)14/h5-6H,2-4H2,1H3,(H,13,14). The number of aromatic nitrogens is 1. The van der Waals surface area contributed by atoms with Crippen LogP contribution < -0.4 is 0 Å². The fraction of sp³-hybridized carbons (Fsp3) is 0.400. The highest BCUT2D eigenvalue weighted by atomic mass is 35.5. The Hall–Kier alpha value is -1.09. The molecule has 1 heterocycles. The molecule has 3 nitrogen and oxygen atoms in total. The fourth-order valence-corrected chi connectivity index (χ4v) is 1.56. The van der Waals surface area contributed by atoms with Gasteiger partial charge in [-0.05, 0) is 37.5 Å². The largest absolute Gasteiger partial charge is 0.481 e. The van der Waals surface area contributed by atoms with Crippen LogP contribution in [-0.4, -0.2) is 16.1 Å². The number of rotatable bonds is 4. The number of nitrogens with zero attached hydrogens (tertiary/aromatic N) is 1. The van der Waals surface area contributed by atoms with E-state index in [0.717, 1.165) is 17.7 Å². The van der Waals surface area contributed by atoms with Crippen molar-refractivity contribution in [1.29, 1.82) is 0 Å². The van der Waals surface area contributed by atoms with Gasteiger partial charge in [-0.25, -0.2) is 4.98 Å². The Morgan fingerprint density at radius 1 is 1.57 bits per heavy atom. The first-order valence-corrected chi connectivity index (χ1v) is 4.80. The molecular formula is C10H12ClNO2. The fourth-order valence-electron chi connectivity index (χ4n) is 1.28. The summed E-state index contributed by atoms with van der Waals surface area (Å²) >= 11 is 5.76. The zero-order valence-corrected chi connectivity index (χ0v) is 8.71. The van der Waals surface area contributed by atoms with Crippen molar-refractivity contribution in [2.75, 3.05) is 0 Å². The molecule has 0 spiro atoms. The number of carboxylic acid groups (broad SMARTS) is 1. The van der Waals surface area contributed by atoms with E-state index >= 15 is 0 Å². The van der Waals surface area contributed by atoms with E-state index in [-0.39, 0.29) is 6.42 Å². The normalized spacial score (nSPS) is 10.1. The molecule has 0 saturated carbocycles. The lowest BCUT2D eigenvalue weighted by Crippen LogP contribution is -1.96. The molecule has 0 aliphatic rings. The molecule has 0 unspecified atom stereocenters. The van der Waals surface area contributed by atoms with E-state index in [1.165, 1.54) is 0 Å². The van der Waals surface area contributed by atoms with Gasteiger partial charge in [0, 0.05) is 12.1 Å². The highest BCUT2D eigenvalue weighted by Gasteiger charge is 2.00. The van der Waals surface area contributed by atoms with Crippen LogP contribution in [0.2, 0.25) is 5.15 Å². The number of aliphatic carboxylic acids is 1. The minimum absolute atomic E-state index is 0.193. The molecule has 0 fully saturated rings. The molecule has 1 N–H and O–H groups in total. The summed E-state index contributed by atoms with van der Waals surface area (Å²) in [5, 5.41) is 8.93. The molecule has 1 aromatic rings. The molecule has 0 aromatic carbocycles. The SMILES string of the molecule is Cc1cc(CCCC(=O)O)cc(Cl)n1. The number of halogens is 1. The summed E-state index contributed by atoms with van der Waals surface area (Å²) in [6, 6.07) is 3.70. The van der Waals surface area contributed by atoms with E-state index in [2.05, 4.69) is 4.98 Å². The molecule has 14 heavy (non-hydrogen) atoms. The van der Waals surface area contributed by atoms with E-state index in [1.807, 2.05) is 13.0 Å². The smallest absolute Gasteiger partial charge is 0.303 e. The number of pyridine rings is 1. The third-order valence-corrected chi connectivity index (χ3v) is 2.03. The van der Waals surface area contributed by atoms with Crippen LogP contribution in [0, 0.1) is 6.92 Å². The first-order valence-electron chi connectivity index (χ1n) is 4.43. The van der Waals surface area contributed by atoms with Crippen molar-refractivity contribution in [2.45, 2.75) is 26.2 Å². The molecule has 4 heteroatoms. The molecule has 0 atom stereocenters. The van der Waals surface area contributed by atoms with Gasteiger partial charge in [-0.15, -0.1) is 0 Å². The van der Waals surface area contributed by atoms with Gasteiger partial charge in [0.25, 0.3) is 0 Å². The minimum atomic E-state index is -0.762. The maximum absolute atomic E-state index is 10.3. The Labute approximate surface area is 87.7 Å². The molecule has 0 aliphatic heterocycles. The molecule has 0 aliphatic carbocycles. The van der Waals surface area contributed by atoms with Gasteiger partial charge >= 0.3 is 5.97 Å². The zero-order chi connectivity index (χ0) is 10.6. The lowest BCUT2D eigenvalue weighted by molar-refractivity contribution is -0.137. The van der Waals surface area contributed by atoms with Crippen molar-refractivity contribution in [3.8, 4) is 0 Å². The monoisotopic (exact) mass is 213 g/mol. The molecule has 0 amide bonds. The predicted molar refractivity (Wildman–Crippen MR) is 54.6 cm³/mol. The van der Waals surface area contributed by atoms with Crippen LogP contribution in [0.25, 0.3) is 0 Å². The first-order chi connectivity index (χ1) is 6.58. The summed E-state index contributed by atoms with van der Waals surface area (Å²) < 4.78 is 0. The Morgan fingerprint density at radius 2 is 2.29 bits per heavy atom. The topological polar surface area (TPSA) is 50.2 Å². The molecule has 76 valence electrons. The average Bonchev–Trinajstić information content (AvgIpc) is 2.01. The van der Waals surface area contributed by atoms with Crippen LogP contribution in [0.15, 0.2) is 12.1 Å². The van der Waals surface area contributed by atoms with Gasteiger partial charge in [-0.1, -0.05) is 11.6 Å². The second kappa shape index (κ2) is 4.96. The van der Waals surface area contributed by atoms with E-state index in [0.29, 0.717) is 11.6 Å². The zero-order valence-electron chi connectivity index (χ0n) is 7.96. The van der Waals surface area contributed by atoms with Crippen LogP contribution in [-0.2, 0) is 11.2 Å². The number of aryl methyl sites for hydroxylation is 2. The second-order valence-corrected chi connectivity index (χ2v) is 3.57. The van der Waals surface area contributed by atoms with Crippen LogP contribution in [0.3, 0.4) is 0 Å². The molecule has 1 rings (SSSR count). The summed E-state index contributed by atoms with van der Waals surface area (Å²) in [4.78, 5) is 14.3. The predicted octanol–water partition coefficient (Wildman–Crippen LogP) is 2.45. The van der Waals surface area contributed by atoms with Crippen molar-refractivity contribution < 1.29 is 9.90 Å². The molecule has 0 radical (unpaired) electrons. The molecule has 0 saturated heterocycles. The molecule has 1 aromatic heterocycles. The summed E-state index contributed by atoms with van der Waals surface area (Å²) in [6.45, 7) is 1.87. The Bertz CT molecular complexity index is 319. The van der Waals surface area contributed by atoms with Crippen molar-refractivity contribution >= 4 is 17.6 Å². The lowest BCUT2D eigenvalue weighted by atomic mass is 10.1. The third-order valence-electron chi connectivity index (χ3n) is 1.84. The quantitative estimate of drug-likeness (QED) is 0.782. The summed E-state index contributed by atoms with van der Waals surface area (Å²) in [5.41, 5.74) is 1.91. The highest BCUT2D eigenvalue weighted by molar-refractivity contribution is 6.29. The maximum Gasteiger partial charge on any atom is 0.303 e. The van der Waals surface area contributed by atoms with Gasteiger partial charge in [0.15, 0.2) is 0 Å². The van der Waals surface area contributed by atoms with Gasteiger partial charge < -0.3 is 5.11 Å². The van der Waals surface area contributed by atoms with Gasteiger partial charge in [0.2, 0.25) is 0 Å². The van der Waals surface area contributed by atoms with Crippen LogP contribution in [0.4, 0.5) is 0 Å². The highest BCUT2D eigenvalue weighted by Crippen LogP contribution is 2.12. The van der Waals surface area contributed by atoms with Crippen molar-refractivity contribution in [1.82, 2.24) is 4.98 Å². The summed E-state index contributed by atoms with van der Waals surface area (Å²) in [5.74, 6) is -0.762. The second-order valence-electron chi connectivity index (χ2n) is 3.19. The Kier molecular flexibility index (Phi) is 3.89. The van der Waals surface area contributed by atoms with E-state index in [9.17, 15) is 4.79 Å². The van der Waals surface area contributed by atoms with Crippen molar-refractivity contribution in [2.24, 2.45) is 0 Å². The molecular weight excluding hydrogens is 202 g/mol.